The van der Waals surface area contributed by atoms with E-state index in [0.29, 0.717) is 42.9 Å². The van der Waals surface area contributed by atoms with Gasteiger partial charge < -0.3 is 38.9 Å². The number of carbonyl (C=O) groups excluding carboxylic acids is 3. The largest absolute Gasteiger partial charge is 0.494 e. The lowest BCUT2D eigenvalue weighted by Gasteiger charge is -2.35. The van der Waals surface area contributed by atoms with Crippen molar-refractivity contribution >= 4 is 59.1 Å². The third-order valence-corrected chi connectivity index (χ3v) is 15.2. The van der Waals surface area contributed by atoms with Crippen molar-refractivity contribution in [3.63, 3.8) is 0 Å². The van der Waals surface area contributed by atoms with Crippen LogP contribution in [0.2, 0.25) is 18.6 Å². The number of unbranched alkanes of at least 4 members (excludes halogenated alkanes) is 1. The third-order valence-electron chi connectivity index (χ3n) is 12.3. The molecule has 4 aromatic rings. The van der Waals surface area contributed by atoms with Gasteiger partial charge in [-0.05, 0) is 111 Å². The highest BCUT2D eigenvalue weighted by atomic mass is 79.9. The molecular formula is C47H56BrFN4O7Si. The van der Waals surface area contributed by atoms with Crippen molar-refractivity contribution in [2.45, 2.75) is 89.0 Å². The summed E-state index contributed by atoms with van der Waals surface area (Å²) in [5, 5.41) is 22.6. The Morgan fingerprint density at radius 3 is 2.46 bits per heavy atom. The van der Waals surface area contributed by atoms with Gasteiger partial charge in [-0.25, -0.2) is 0 Å². The monoisotopic (exact) mass is 914 g/mol. The normalized spacial score (nSPS) is 22.2. The fourth-order valence-corrected chi connectivity index (χ4v) is 12.4. The minimum atomic E-state index is -3.58. The van der Waals surface area contributed by atoms with Crippen LogP contribution in [0.4, 0.5) is 21.2 Å². The number of nitrogens with one attached hydrogen (secondary N) is 1. The third kappa shape index (κ3) is 9.07. The number of ether oxygens (including phenoxy) is 2. The number of fused-ring (bicyclic) bond motifs is 3. The number of rotatable bonds is 17. The van der Waals surface area contributed by atoms with Crippen molar-refractivity contribution < 1.29 is 38.2 Å². The maximum absolute atomic E-state index is 16.7. The summed E-state index contributed by atoms with van der Waals surface area (Å²) < 4.78 is 30.1. The van der Waals surface area contributed by atoms with Crippen molar-refractivity contribution in [2.24, 2.45) is 5.92 Å². The van der Waals surface area contributed by atoms with E-state index in [1.54, 1.807) is 27.8 Å². The van der Waals surface area contributed by atoms with Crippen LogP contribution in [-0.2, 0) is 44.2 Å². The molecule has 0 aliphatic carbocycles. The van der Waals surface area contributed by atoms with E-state index in [2.05, 4.69) is 21.2 Å². The molecule has 1 saturated heterocycles. The predicted octanol–water partition coefficient (Wildman–Crippen LogP) is 7.53. The second kappa shape index (κ2) is 18.9. The highest BCUT2D eigenvalue weighted by molar-refractivity contribution is 9.10. The first-order chi connectivity index (χ1) is 29.3. The molecule has 5 atom stereocenters. The zero-order valence-corrected chi connectivity index (χ0v) is 37.9. The molecule has 14 heteroatoms. The number of benzene rings is 4. The molecule has 3 heterocycles. The van der Waals surface area contributed by atoms with Gasteiger partial charge in [0.25, 0.3) is 5.91 Å². The van der Waals surface area contributed by atoms with Crippen molar-refractivity contribution in [1.29, 1.82) is 0 Å². The van der Waals surface area contributed by atoms with Gasteiger partial charge in [0.1, 0.15) is 5.75 Å². The van der Waals surface area contributed by atoms with Crippen LogP contribution in [0.25, 0.3) is 0 Å². The van der Waals surface area contributed by atoms with E-state index in [-0.39, 0.29) is 57.0 Å². The van der Waals surface area contributed by atoms with E-state index in [1.807, 2.05) is 105 Å². The van der Waals surface area contributed by atoms with E-state index < -0.39 is 37.6 Å². The van der Waals surface area contributed by atoms with E-state index in [0.717, 1.165) is 39.0 Å². The lowest BCUT2D eigenvalue weighted by atomic mass is 9.82. The van der Waals surface area contributed by atoms with Gasteiger partial charge in [-0.3, -0.25) is 19.3 Å². The molecule has 0 aromatic heterocycles. The van der Waals surface area contributed by atoms with Crippen molar-refractivity contribution in [3.05, 3.63) is 118 Å². The summed E-state index contributed by atoms with van der Waals surface area (Å²) in [5.41, 5.74) is 3.03. The van der Waals surface area contributed by atoms with Gasteiger partial charge in [-0.1, -0.05) is 65.3 Å². The van der Waals surface area contributed by atoms with Gasteiger partial charge in [0, 0.05) is 46.9 Å². The fraction of sp³-hybridized carbons (Fsp3) is 0.426. The molecule has 1 fully saturated rings. The first kappa shape index (κ1) is 44.6. The predicted molar refractivity (Wildman–Crippen MR) is 240 cm³/mol. The zero-order valence-electron chi connectivity index (χ0n) is 35.3. The van der Waals surface area contributed by atoms with Crippen LogP contribution in [0.5, 0.6) is 5.75 Å². The van der Waals surface area contributed by atoms with Gasteiger partial charge in [0.05, 0.1) is 49.7 Å². The molecule has 0 saturated carbocycles. The summed E-state index contributed by atoms with van der Waals surface area (Å²) in [6.45, 7) is 8.50. The lowest BCUT2D eigenvalue weighted by Crippen LogP contribution is -2.49. The summed E-state index contributed by atoms with van der Waals surface area (Å²) in [6.07, 6.45) is 0.821. The van der Waals surface area contributed by atoms with Crippen LogP contribution in [0.15, 0.2) is 95.5 Å². The van der Waals surface area contributed by atoms with Crippen LogP contribution in [0, 0.1) is 5.92 Å². The summed E-state index contributed by atoms with van der Waals surface area (Å²) in [5.74, 6) is -0.609. The Morgan fingerprint density at radius 1 is 0.984 bits per heavy atom. The summed E-state index contributed by atoms with van der Waals surface area (Å²) >= 11 is 3.62. The van der Waals surface area contributed by atoms with Crippen molar-refractivity contribution in [3.8, 4) is 5.75 Å². The van der Waals surface area contributed by atoms with E-state index in [1.165, 1.54) is 0 Å². The van der Waals surface area contributed by atoms with Crippen LogP contribution in [0.1, 0.15) is 55.4 Å². The Hall–Kier alpha value is -4.44. The number of anilines is 3. The second-order valence-electron chi connectivity index (χ2n) is 16.8. The number of aliphatic hydroxyl groups is 2. The molecule has 4 aromatic carbocycles. The molecule has 3 amide bonds. The average molecular weight is 916 g/mol. The molecule has 1 spiro atoms. The number of carbonyl (C=O) groups is 3. The van der Waals surface area contributed by atoms with E-state index >= 15 is 8.90 Å². The molecule has 3 N–H and O–H groups in total. The minimum Gasteiger partial charge on any atom is -0.494 e. The first-order valence-electron chi connectivity index (χ1n) is 21.2. The number of aliphatic hydroxyl groups excluding tert-OH is 2. The SMILES string of the molecule is CCOc1ccc2c(c1)CC(NCCCCO)C(=O)N2c1cccc(CN2C(=O)[C@]3(O[C@H](CC(=O)N(CCO)Cc4ccccc4)[C@@H]([Si](C)(C)F)[C@@H]3C)c3cc(Br)ccc32)c1. The van der Waals surface area contributed by atoms with Crippen LogP contribution < -0.4 is 19.9 Å². The Labute approximate surface area is 367 Å². The minimum absolute atomic E-state index is 0.0863. The summed E-state index contributed by atoms with van der Waals surface area (Å²) in [4.78, 5) is 48.5. The second-order valence-corrected chi connectivity index (χ2v) is 21.5. The molecule has 61 heavy (non-hydrogen) atoms. The molecule has 0 radical (unpaired) electrons. The molecule has 7 rings (SSSR count). The van der Waals surface area contributed by atoms with Gasteiger partial charge in [-0.15, -0.1) is 0 Å². The Balaban J connectivity index is 1.20. The first-order valence-corrected chi connectivity index (χ1v) is 25.0. The molecule has 0 bridgehead atoms. The van der Waals surface area contributed by atoms with Gasteiger partial charge >= 0.3 is 0 Å². The maximum atomic E-state index is 16.7. The molecule has 1 unspecified atom stereocenters. The van der Waals surface area contributed by atoms with Crippen molar-refractivity contribution in [1.82, 2.24) is 10.2 Å². The van der Waals surface area contributed by atoms with Crippen molar-refractivity contribution in [2.75, 3.05) is 42.7 Å². The molecule has 324 valence electrons. The van der Waals surface area contributed by atoms with Crippen LogP contribution in [-0.4, -0.2) is 86.3 Å². The van der Waals surface area contributed by atoms with Gasteiger partial charge in [-0.2, -0.15) is 0 Å². The molecule has 3 aliphatic heterocycles. The smallest absolute Gasteiger partial charge is 0.264 e. The van der Waals surface area contributed by atoms with Crippen LogP contribution in [0.3, 0.4) is 0 Å². The number of halogens is 2. The average Bonchev–Trinajstić information content (AvgIpc) is 3.65. The summed E-state index contributed by atoms with van der Waals surface area (Å²) in [7, 11) is -3.58. The van der Waals surface area contributed by atoms with Crippen LogP contribution >= 0.6 is 15.9 Å². The molecule has 3 aliphatic rings. The molecular weight excluding hydrogens is 860 g/mol. The van der Waals surface area contributed by atoms with Gasteiger partial charge in [0.15, 0.2) is 5.60 Å². The highest BCUT2D eigenvalue weighted by Crippen LogP contribution is 2.60. The van der Waals surface area contributed by atoms with E-state index in [9.17, 15) is 19.8 Å². The standard InChI is InChI=1S/C47H56BrFN4O7Si/c1-5-59-37-17-19-40-34(25-37)26-39(50-20-9-10-22-54)45(57)53(40)36-15-11-14-33(24-36)30-52-41-18-16-35(48)27-38(41)47(46(52)58)31(2)44(61(3,4)49)42(60-47)28-43(56)51(21-23-55)29-32-12-7-6-8-13-32/h6-8,11-19,24-25,27,31,39,42,44,50,54-55H,5,9-10,20-23,26,28-30H2,1-4H3/t31-,39?,42+,44-,47+/m0/s1. The zero-order chi connectivity index (χ0) is 43.5. The van der Waals surface area contributed by atoms with Gasteiger partial charge in [0.2, 0.25) is 20.2 Å². The number of hydrogen-bond donors (Lipinski definition) is 3. The number of hydrogen-bond acceptors (Lipinski definition) is 8. The quantitative estimate of drug-likeness (QED) is 0.0563. The Bertz CT molecular complexity index is 2230. The maximum Gasteiger partial charge on any atom is 0.264 e. The highest BCUT2D eigenvalue weighted by Gasteiger charge is 2.67. The Morgan fingerprint density at radius 2 is 1.74 bits per heavy atom. The number of amides is 3. The summed E-state index contributed by atoms with van der Waals surface area (Å²) in [6, 6.07) is 28.0. The Kier molecular flexibility index (Phi) is 13.8. The van der Waals surface area contributed by atoms with E-state index in [4.69, 9.17) is 9.47 Å². The topological polar surface area (TPSA) is 132 Å². The number of nitrogens with zero attached hydrogens (tertiary/aromatic N) is 3. The fourth-order valence-electron chi connectivity index (χ4n) is 9.59. The lowest BCUT2D eigenvalue weighted by molar-refractivity contribution is -0.150. The molecule has 11 nitrogen and oxygen atoms in total.